The van der Waals surface area contributed by atoms with Crippen LogP contribution < -0.4 is 4.90 Å². The van der Waals surface area contributed by atoms with Gasteiger partial charge in [-0.2, -0.15) is 0 Å². The van der Waals surface area contributed by atoms with Crippen LogP contribution in [0.3, 0.4) is 0 Å². The number of fused-ring (bicyclic) bond motifs is 3. The minimum absolute atomic E-state index is 0.0488. The van der Waals surface area contributed by atoms with Crippen molar-refractivity contribution in [3.63, 3.8) is 0 Å². The monoisotopic (exact) mass is 324 g/mol. The second-order valence-corrected chi connectivity index (χ2v) is 6.46. The SMILES string of the molecule is O=C(Cc1cncc(O)c1)N1Cc2ncccc2N2CCC[C@H]2C1. The minimum Gasteiger partial charge on any atom is -0.506 e. The quantitative estimate of drug-likeness (QED) is 0.911. The Bertz CT molecular complexity index is 764. The summed E-state index contributed by atoms with van der Waals surface area (Å²) < 4.78 is 0. The van der Waals surface area contributed by atoms with E-state index in [1.807, 2.05) is 11.0 Å². The maximum Gasteiger partial charge on any atom is 0.227 e. The Kier molecular flexibility index (Phi) is 3.80. The molecular formula is C18H20N4O2. The summed E-state index contributed by atoms with van der Waals surface area (Å²) in [4.78, 5) is 25.5. The van der Waals surface area contributed by atoms with Gasteiger partial charge in [-0.15, -0.1) is 0 Å². The smallest absolute Gasteiger partial charge is 0.227 e. The lowest BCUT2D eigenvalue weighted by Gasteiger charge is -2.27. The van der Waals surface area contributed by atoms with E-state index >= 15 is 0 Å². The minimum atomic E-state index is 0.0488. The molecule has 0 radical (unpaired) electrons. The van der Waals surface area contributed by atoms with Gasteiger partial charge in [0, 0.05) is 31.5 Å². The van der Waals surface area contributed by atoms with Crippen LogP contribution in [0, 0.1) is 0 Å². The number of hydrogen-bond donors (Lipinski definition) is 1. The highest BCUT2D eigenvalue weighted by molar-refractivity contribution is 5.79. The molecule has 1 fully saturated rings. The summed E-state index contributed by atoms with van der Waals surface area (Å²) in [6.07, 6.45) is 7.29. The summed E-state index contributed by atoms with van der Waals surface area (Å²) in [5.74, 6) is 0.137. The molecule has 2 aliphatic rings. The maximum atomic E-state index is 12.8. The Morgan fingerprint density at radius 2 is 2.29 bits per heavy atom. The van der Waals surface area contributed by atoms with Gasteiger partial charge in [-0.3, -0.25) is 14.8 Å². The summed E-state index contributed by atoms with van der Waals surface area (Å²) in [7, 11) is 0. The highest BCUT2D eigenvalue weighted by Crippen LogP contribution is 2.32. The van der Waals surface area contributed by atoms with Gasteiger partial charge >= 0.3 is 0 Å². The maximum absolute atomic E-state index is 12.8. The largest absolute Gasteiger partial charge is 0.506 e. The third-order valence-electron chi connectivity index (χ3n) is 4.81. The first-order valence-corrected chi connectivity index (χ1v) is 8.32. The highest BCUT2D eigenvalue weighted by Gasteiger charge is 2.33. The molecule has 4 heterocycles. The van der Waals surface area contributed by atoms with Crippen LogP contribution in [-0.4, -0.2) is 45.0 Å². The molecule has 1 saturated heterocycles. The number of pyridine rings is 2. The molecule has 0 aromatic carbocycles. The number of hydrogen-bond acceptors (Lipinski definition) is 5. The number of rotatable bonds is 2. The first-order chi connectivity index (χ1) is 11.7. The molecule has 2 aliphatic heterocycles. The van der Waals surface area contributed by atoms with E-state index in [2.05, 4.69) is 20.9 Å². The first kappa shape index (κ1) is 14.9. The average molecular weight is 324 g/mol. The van der Waals surface area contributed by atoms with Crippen molar-refractivity contribution in [2.75, 3.05) is 18.0 Å². The fourth-order valence-electron chi connectivity index (χ4n) is 3.70. The Labute approximate surface area is 140 Å². The summed E-state index contributed by atoms with van der Waals surface area (Å²) in [5.41, 5.74) is 2.85. The molecule has 0 unspecified atom stereocenters. The Hall–Kier alpha value is -2.63. The van der Waals surface area contributed by atoms with Gasteiger partial charge in [0.1, 0.15) is 5.75 Å². The van der Waals surface area contributed by atoms with E-state index in [0.717, 1.165) is 42.9 Å². The first-order valence-electron chi connectivity index (χ1n) is 8.32. The molecule has 0 bridgehead atoms. The van der Waals surface area contributed by atoms with E-state index in [-0.39, 0.29) is 18.1 Å². The van der Waals surface area contributed by atoms with Gasteiger partial charge in [-0.1, -0.05) is 0 Å². The zero-order valence-corrected chi connectivity index (χ0v) is 13.4. The number of anilines is 1. The fraction of sp³-hybridized carbons (Fsp3) is 0.389. The van der Waals surface area contributed by atoms with Crippen LogP contribution in [0.5, 0.6) is 5.75 Å². The predicted molar refractivity (Wildman–Crippen MR) is 89.6 cm³/mol. The number of carbonyl (C=O) groups is 1. The topological polar surface area (TPSA) is 69.6 Å². The van der Waals surface area contributed by atoms with Crippen LogP contribution in [0.25, 0.3) is 0 Å². The number of aromatic hydroxyl groups is 1. The standard InChI is InChI=1S/C18H20N4O2/c23-15-7-13(9-19-10-15)8-18(24)21-11-14-3-2-6-22(14)17-4-1-5-20-16(17)12-21/h1,4-5,7,9-10,14,23H,2-3,6,8,11-12H2/t14-/m0/s1. The molecule has 0 aliphatic carbocycles. The fourth-order valence-corrected chi connectivity index (χ4v) is 3.70. The van der Waals surface area contributed by atoms with Gasteiger partial charge in [0.2, 0.25) is 5.91 Å². The number of nitrogens with zero attached hydrogens (tertiary/aromatic N) is 4. The zero-order chi connectivity index (χ0) is 16.5. The van der Waals surface area contributed by atoms with Gasteiger partial charge in [-0.25, -0.2) is 0 Å². The number of amides is 1. The van der Waals surface area contributed by atoms with Gasteiger partial charge in [0.15, 0.2) is 0 Å². The van der Waals surface area contributed by atoms with E-state index in [1.165, 1.54) is 6.20 Å². The third-order valence-corrected chi connectivity index (χ3v) is 4.81. The summed E-state index contributed by atoms with van der Waals surface area (Å²) in [5, 5.41) is 9.53. The van der Waals surface area contributed by atoms with E-state index < -0.39 is 0 Å². The van der Waals surface area contributed by atoms with Crippen molar-refractivity contribution in [3.8, 4) is 5.75 Å². The molecule has 0 spiro atoms. The van der Waals surface area contributed by atoms with Crippen LogP contribution >= 0.6 is 0 Å². The molecule has 6 heteroatoms. The van der Waals surface area contributed by atoms with Crippen molar-refractivity contribution in [3.05, 3.63) is 48.0 Å². The van der Waals surface area contributed by atoms with Crippen molar-refractivity contribution in [1.29, 1.82) is 0 Å². The number of aromatic nitrogens is 2. The van der Waals surface area contributed by atoms with E-state index in [4.69, 9.17) is 0 Å². The lowest BCUT2D eigenvalue weighted by atomic mass is 10.1. The molecule has 0 saturated carbocycles. The van der Waals surface area contributed by atoms with E-state index in [0.29, 0.717) is 12.6 Å². The molecule has 2 aromatic heterocycles. The van der Waals surface area contributed by atoms with Crippen LogP contribution in [0.15, 0.2) is 36.8 Å². The molecule has 24 heavy (non-hydrogen) atoms. The van der Waals surface area contributed by atoms with Gasteiger partial charge in [0.25, 0.3) is 0 Å². The van der Waals surface area contributed by atoms with Crippen LogP contribution in [-0.2, 0) is 17.8 Å². The lowest BCUT2D eigenvalue weighted by molar-refractivity contribution is -0.131. The summed E-state index contributed by atoms with van der Waals surface area (Å²) in [6, 6.07) is 6.02. The molecule has 124 valence electrons. The Balaban J connectivity index is 1.58. The van der Waals surface area contributed by atoms with Crippen molar-refractivity contribution in [2.24, 2.45) is 0 Å². The van der Waals surface area contributed by atoms with Crippen molar-refractivity contribution in [1.82, 2.24) is 14.9 Å². The van der Waals surface area contributed by atoms with Gasteiger partial charge in [0.05, 0.1) is 30.5 Å². The van der Waals surface area contributed by atoms with Gasteiger partial charge in [-0.05, 0) is 36.6 Å². The summed E-state index contributed by atoms with van der Waals surface area (Å²) >= 11 is 0. The number of carbonyl (C=O) groups excluding carboxylic acids is 1. The molecule has 1 amide bonds. The Morgan fingerprint density at radius 1 is 1.38 bits per heavy atom. The molecule has 6 nitrogen and oxygen atoms in total. The second kappa shape index (κ2) is 6.11. The Morgan fingerprint density at radius 3 is 3.17 bits per heavy atom. The molecule has 2 aromatic rings. The van der Waals surface area contributed by atoms with E-state index in [1.54, 1.807) is 18.5 Å². The molecule has 4 rings (SSSR count). The highest BCUT2D eigenvalue weighted by atomic mass is 16.3. The molecule has 1 atom stereocenters. The lowest BCUT2D eigenvalue weighted by Crippen LogP contribution is -2.40. The normalized spacial score (nSPS) is 19.6. The molecule has 1 N–H and O–H groups in total. The van der Waals surface area contributed by atoms with Crippen molar-refractivity contribution >= 4 is 11.6 Å². The third kappa shape index (κ3) is 2.79. The summed E-state index contributed by atoms with van der Waals surface area (Å²) in [6.45, 7) is 2.29. The van der Waals surface area contributed by atoms with E-state index in [9.17, 15) is 9.90 Å². The predicted octanol–water partition coefficient (Wildman–Crippen LogP) is 1.74. The average Bonchev–Trinajstić information content (AvgIpc) is 2.96. The van der Waals surface area contributed by atoms with Gasteiger partial charge < -0.3 is 14.9 Å². The van der Waals surface area contributed by atoms with Crippen molar-refractivity contribution in [2.45, 2.75) is 31.8 Å². The second-order valence-electron chi connectivity index (χ2n) is 6.46. The van der Waals surface area contributed by atoms with Crippen molar-refractivity contribution < 1.29 is 9.90 Å². The van der Waals surface area contributed by atoms with Crippen LogP contribution in [0.4, 0.5) is 5.69 Å². The molecular weight excluding hydrogens is 304 g/mol. The van der Waals surface area contributed by atoms with Crippen LogP contribution in [0.1, 0.15) is 24.1 Å². The van der Waals surface area contributed by atoms with Crippen LogP contribution in [0.2, 0.25) is 0 Å². The zero-order valence-electron chi connectivity index (χ0n) is 13.4.